The Labute approximate surface area is 197 Å². The Hall–Kier alpha value is -3.02. The van der Waals surface area contributed by atoms with Crippen LogP contribution in [0.4, 0.5) is 0 Å². The topological polar surface area (TPSA) is 58.6 Å². The summed E-state index contributed by atoms with van der Waals surface area (Å²) in [6, 6.07) is 23.0. The van der Waals surface area contributed by atoms with Crippen LogP contribution in [-0.2, 0) is 22.6 Å². The second-order valence-electron chi connectivity index (χ2n) is 7.18. The summed E-state index contributed by atoms with van der Waals surface area (Å²) in [5.41, 5.74) is 1.62. The molecule has 0 saturated carbocycles. The molecule has 0 aliphatic carbocycles. The summed E-state index contributed by atoms with van der Waals surface area (Å²) in [6.45, 7) is -0.0740. The lowest BCUT2D eigenvalue weighted by Crippen LogP contribution is -2.51. The molecule has 0 unspecified atom stereocenters. The average molecular weight is 471 g/mol. The SMILES string of the molecule is CNC(=O)[C@H](Cc1ccccc1)N(Cc1ccc(Cl)cc1Cl)C(=O)COc1ccccc1. The van der Waals surface area contributed by atoms with Crippen LogP contribution in [0, 0.1) is 0 Å². The van der Waals surface area contributed by atoms with E-state index in [1.54, 1.807) is 37.4 Å². The van der Waals surface area contributed by atoms with E-state index in [4.69, 9.17) is 27.9 Å². The summed E-state index contributed by atoms with van der Waals surface area (Å²) in [4.78, 5) is 27.7. The molecule has 3 rings (SSSR count). The predicted octanol–water partition coefficient (Wildman–Crippen LogP) is 4.76. The van der Waals surface area contributed by atoms with E-state index in [1.165, 1.54) is 4.90 Å². The van der Waals surface area contributed by atoms with Crippen molar-refractivity contribution in [3.8, 4) is 5.75 Å². The normalized spacial score (nSPS) is 11.5. The van der Waals surface area contributed by atoms with E-state index in [1.807, 2.05) is 48.5 Å². The molecule has 1 N–H and O–H groups in total. The molecule has 3 aromatic rings. The summed E-state index contributed by atoms with van der Waals surface area (Å²) in [5.74, 6) is -0.0266. The Morgan fingerprint density at radius 1 is 0.969 bits per heavy atom. The lowest BCUT2D eigenvalue weighted by Gasteiger charge is -2.31. The number of halogens is 2. The number of nitrogens with one attached hydrogen (secondary N) is 1. The summed E-state index contributed by atoms with van der Waals surface area (Å²) in [7, 11) is 1.55. The number of carbonyl (C=O) groups excluding carboxylic acids is 2. The molecule has 0 fully saturated rings. The van der Waals surface area contributed by atoms with Crippen LogP contribution in [0.2, 0.25) is 10.0 Å². The van der Waals surface area contributed by atoms with Crippen molar-refractivity contribution in [2.45, 2.75) is 19.0 Å². The molecule has 0 heterocycles. The molecule has 32 heavy (non-hydrogen) atoms. The minimum atomic E-state index is -0.749. The first-order valence-corrected chi connectivity index (χ1v) is 10.9. The van der Waals surface area contributed by atoms with Gasteiger partial charge in [0.1, 0.15) is 11.8 Å². The van der Waals surface area contributed by atoms with Gasteiger partial charge in [0.2, 0.25) is 5.91 Å². The Morgan fingerprint density at radius 2 is 1.62 bits per heavy atom. The van der Waals surface area contributed by atoms with Crippen molar-refractivity contribution in [1.29, 1.82) is 0 Å². The van der Waals surface area contributed by atoms with E-state index < -0.39 is 6.04 Å². The standard InChI is InChI=1S/C25H24Cl2N2O3/c1-28-25(31)23(14-18-8-4-2-5-9-18)29(16-19-12-13-20(26)15-22(19)27)24(30)17-32-21-10-6-3-7-11-21/h2-13,15,23H,14,16-17H2,1H3,(H,28,31)/t23-/m0/s1. The van der Waals surface area contributed by atoms with Gasteiger partial charge in [-0.15, -0.1) is 0 Å². The lowest BCUT2D eigenvalue weighted by atomic mass is 10.0. The second-order valence-corrected chi connectivity index (χ2v) is 8.02. The maximum Gasteiger partial charge on any atom is 0.261 e. The molecule has 5 nitrogen and oxygen atoms in total. The molecule has 1 atom stereocenters. The van der Waals surface area contributed by atoms with Gasteiger partial charge in [-0.3, -0.25) is 9.59 Å². The van der Waals surface area contributed by atoms with E-state index in [2.05, 4.69) is 5.32 Å². The van der Waals surface area contributed by atoms with Gasteiger partial charge in [0, 0.05) is 30.1 Å². The largest absolute Gasteiger partial charge is 0.484 e. The molecule has 2 amide bonds. The zero-order chi connectivity index (χ0) is 22.9. The van der Waals surface area contributed by atoms with Crippen molar-refractivity contribution >= 4 is 35.0 Å². The molecular weight excluding hydrogens is 447 g/mol. The quantitative estimate of drug-likeness (QED) is 0.490. The fraction of sp³-hybridized carbons (Fsp3) is 0.200. The minimum absolute atomic E-state index is 0.137. The highest BCUT2D eigenvalue weighted by Crippen LogP contribution is 2.24. The zero-order valence-electron chi connectivity index (χ0n) is 17.6. The predicted molar refractivity (Wildman–Crippen MR) is 127 cm³/mol. The molecule has 0 spiro atoms. The summed E-state index contributed by atoms with van der Waals surface area (Å²) in [6.07, 6.45) is 0.350. The van der Waals surface area contributed by atoms with E-state index in [-0.39, 0.29) is 25.0 Å². The molecule has 0 saturated heterocycles. The summed E-state index contributed by atoms with van der Waals surface area (Å²) < 4.78 is 5.67. The van der Waals surface area contributed by atoms with Crippen LogP contribution >= 0.6 is 23.2 Å². The highest BCUT2D eigenvalue weighted by atomic mass is 35.5. The number of para-hydroxylation sites is 1. The zero-order valence-corrected chi connectivity index (χ0v) is 19.1. The van der Waals surface area contributed by atoms with Gasteiger partial charge in [-0.25, -0.2) is 0 Å². The van der Waals surface area contributed by atoms with Crippen LogP contribution in [-0.4, -0.2) is 36.4 Å². The Balaban J connectivity index is 1.90. The molecule has 7 heteroatoms. The molecule has 0 aromatic heterocycles. The average Bonchev–Trinajstić information content (AvgIpc) is 2.81. The molecule has 0 radical (unpaired) electrons. The number of rotatable bonds is 9. The highest BCUT2D eigenvalue weighted by Gasteiger charge is 2.30. The van der Waals surface area contributed by atoms with Gasteiger partial charge in [0.15, 0.2) is 6.61 Å². The summed E-state index contributed by atoms with van der Waals surface area (Å²) >= 11 is 12.4. The van der Waals surface area contributed by atoms with E-state index in [0.717, 1.165) is 5.56 Å². The van der Waals surface area contributed by atoms with Crippen molar-refractivity contribution in [2.75, 3.05) is 13.7 Å². The van der Waals surface area contributed by atoms with Gasteiger partial charge >= 0.3 is 0 Å². The van der Waals surface area contributed by atoms with Crippen molar-refractivity contribution < 1.29 is 14.3 Å². The van der Waals surface area contributed by atoms with Crippen molar-refractivity contribution in [3.05, 3.63) is 100 Å². The smallest absolute Gasteiger partial charge is 0.261 e. The molecule has 0 aliphatic rings. The number of benzene rings is 3. The van der Waals surface area contributed by atoms with Gasteiger partial charge in [-0.2, -0.15) is 0 Å². The van der Waals surface area contributed by atoms with E-state index in [9.17, 15) is 9.59 Å². The lowest BCUT2D eigenvalue weighted by molar-refractivity contribution is -0.142. The third-order valence-corrected chi connectivity index (χ3v) is 5.57. The first-order valence-electron chi connectivity index (χ1n) is 10.1. The number of hydrogen-bond acceptors (Lipinski definition) is 3. The Kier molecular flexibility index (Phi) is 8.54. The Bertz CT molecular complexity index is 1050. The number of ether oxygens (including phenoxy) is 1. The van der Waals surface area contributed by atoms with E-state index in [0.29, 0.717) is 27.8 Å². The Morgan fingerprint density at radius 3 is 2.25 bits per heavy atom. The number of nitrogens with zero attached hydrogens (tertiary/aromatic N) is 1. The first kappa shape index (κ1) is 23.6. The maximum absolute atomic E-state index is 13.3. The van der Waals surface area contributed by atoms with Gasteiger partial charge in [0.05, 0.1) is 0 Å². The number of hydrogen-bond donors (Lipinski definition) is 1. The molecule has 166 valence electrons. The van der Waals surface area contributed by atoms with Gasteiger partial charge in [-0.05, 0) is 35.4 Å². The second kappa shape index (κ2) is 11.6. The van der Waals surface area contributed by atoms with Gasteiger partial charge < -0.3 is 15.0 Å². The van der Waals surface area contributed by atoms with Crippen molar-refractivity contribution in [1.82, 2.24) is 10.2 Å². The molecule has 3 aromatic carbocycles. The van der Waals surface area contributed by atoms with E-state index >= 15 is 0 Å². The van der Waals surface area contributed by atoms with Crippen LogP contribution < -0.4 is 10.1 Å². The number of likely N-dealkylation sites (N-methyl/N-ethyl adjacent to an activating group) is 1. The fourth-order valence-electron chi connectivity index (χ4n) is 3.30. The van der Waals surface area contributed by atoms with Crippen LogP contribution in [0.25, 0.3) is 0 Å². The third-order valence-electron chi connectivity index (χ3n) is 4.98. The van der Waals surface area contributed by atoms with Crippen molar-refractivity contribution in [2.24, 2.45) is 0 Å². The first-order chi connectivity index (χ1) is 15.5. The van der Waals surface area contributed by atoms with Crippen LogP contribution in [0.1, 0.15) is 11.1 Å². The van der Waals surface area contributed by atoms with Crippen LogP contribution in [0.5, 0.6) is 5.75 Å². The monoisotopic (exact) mass is 470 g/mol. The maximum atomic E-state index is 13.3. The fourth-order valence-corrected chi connectivity index (χ4v) is 3.77. The number of carbonyl (C=O) groups is 2. The van der Waals surface area contributed by atoms with Crippen LogP contribution in [0.15, 0.2) is 78.9 Å². The number of amides is 2. The minimum Gasteiger partial charge on any atom is -0.484 e. The third kappa shape index (κ3) is 6.49. The van der Waals surface area contributed by atoms with Gasteiger partial charge in [0.25, 0.3) is 5.91 Å². The molecule has 0 bridgehead atoms. The molecule has 0 aliphatic heterocycles. The summed E-state index contributed by atoms with van der Waals surface area (Å²) in [5, 5.41) is 3.60. The molecular formula is C25H24Cl2N2O3. The van der Waals surface area contributed by atoms with Crippen molar-refractivity contribution in [3.63, 3.8) is 0 Å². The van der Waals surface area contributed by atoms with Crippen LogP contribution in [0.3, 0.4) is 0 Å². The highest BCUT2D eigenvalue weighted by molar-refractivity contribution is 6.35. The van der Waals surface area contributed by atoms with Gasteiger partial charge in [-0.1, -0.05) is 77.8 Å².